The first-order valence-corrected chi connectivity index (χ1v) is 10.1. The Bertz CT molecular complexity index is 892. The average molecular weight is 396 g/mol. The molecule has 152 valence electrons. The third-order valence-corrected chi connectivity index (χ3v) is 5.59. The Kier molecular flexibility index (Phi) is 4.61. The van der Waals surface area contributed by atoms with Gasteiger partial charge in [-0.3, -0.25) is 4.79 Å². The molecular weight excluding hydrogens is 372 g/mol. The molecule has 1 saturated heterocycles. The van der Waals surface area contributed by atoms with Crippen molar-refractivity contribution in [3.8, 4) is 17.2 Å². The fourth-order valence-electron chi connectivity index (χ4n) is 3.72. The van der Waals surface area contributed by atoms with E-state index in [0.717, 1.165) is 24.6 Å². The number of hydrogen-bond acceptors (Lipinski definition) is 7. The van der Waals surface area contributed by atoms with Gasteiger partial charge in [0.1, 0.15) is 5.75 Å². The Hall–Kier alpha value is -3.03. The zero-order valence-corrected chi connectivity index (χ0v) is 16.4. The van der Waals surface area contributed by atoms with Crippen molar-refractivity contribution in [2.24, 2.45) is 0 Å². The second-order valence-corrected chi connectivity index (χ2v) is 7.68. The van der Waals surface area contributed by atoms with E-state index in [1.54, 1.807) is 25.1 Å². The highest BCUT2D eigenvalue weighted by Crippen LogP contribution is 2.39. The fraction of sp³-hybridized carbons (Fsp3) is 0.476. The first-order chi connectivity index (χ1) is 14.2. The molecule has 8 nitrogen and oxygen atoms in total. The zero-order valence-electron chi connectivity index (χ0n) is 16.4. The topological polar surface area (TPSA) is 77.0 Å². The van der Waals surface area contributed by atoms with E-state index in [-0.39, 0.29) is 12.7 Å². The van der Waals surface area contributed by atoms with Gasteiger partial charge < -0.3 is 24.0 Å². The SMILES string of the molecule is C[C@@H](Oc1ccc2c(c1)OCO2)C(=O)N1CCN(c2ccc(C3CC3)nn2)CC1. The standard InChI is InChI=1S/C21H24N4O4/c1-14(29-16-4-6-18-19(12-16)28-13-27-18)21(26)25-10-8-24(9-11-25)20-7-5-17(22-23-20)15-2-3-15/h4-7,12,14-15H,2-3,8-11,13H2,1H3/t14-/m1/s1. The Morgan fingerprint density at radius 1 is 1.07 bits per heavy atom. The minimum absolute atomic E-state index is 0.0162. The maximum absolute atomic E-state index is 12.8. The Morgan fingerprint density at radius 3 is 2.59 bits per heavy atom. The number of aromatic nitrogens is 2. The van der Waals surface area contributed by atoms with Gasteiger partial charge in [-0.05, 0) is 44.0 Å². The van der Waals surface area contributed by atoms with Crippen LogP contribution in [0.4, 0.5) is 5.82 Å². The number of anilines is 1. The number of carbonyl (C=O) groups excluding carboxylic acids is 1. The quantitative estimate of drug-likeness (QED) is 0.767. The molecule has 0 bridgehead atoms. The highest BCUT2D eigenvalue weighted by Gasteiger charge is 2.28. The van der Waals surface area contributed by atoms with Gasteiger partial charge in [-0.1, -0.05) is 0 Å². The lowest BCUT2D eigenvalue weighted by Crippen LogP contribution is -2.52. The van der Waals surface area contributed by atoms with Gasteiger partial charge in [0.05, 0.1) is 5.69 Å². The van der Waals surface area contributed by atoms with Crippen LogP contribution in [0.3, 0.4) is 0 Å². The fourth-order valence-corrected chi connectivity index (χ4v) is 3.72. The third-order valence-electron chi connectivity index (χ3n) is 5.59. The minimum Gasteiger partial charge on any atom is -0.481 e. The van der Waals surface area contributed by atoms with Crippen LogP contribution in [0.1, 0.15) is 31.4 Å². The van der Waals surface area contributed by atoms with Crippen molar-refractivity contribution in [2.75, 3.05) is 37.9 Å². The van der Waals surface area contributed by atoms with Gasteiger partial charge in [-0.15, -0.1) is 5.10 Å². The zero-order chi connectivity index (χ0) is 19.8. The van der Waals surface area contributed by atoms with Crippen LogP contribution in [0.25, 0.3) is 0 Å². The normalized spacial score (nSPS) is 19.2. The van der Waals surface area contributed by atoms with Crippen LogP contribution in [-0.4, -0.2) is 60.1 Å². The van der Waals surface area contributed by atoms with Crippen LogP contribution in [0.5, 0.6) is 17.2 Å². The van der Waals surface area contributed by atoms with Gasteiger partial charge in [-0.25, -0.2) is 0 Å². The van der Waals surface area contributed by atoms with Crippen LogP contribution in [0, 0.1) is 0 Å². The highest BCUT2D eigenvalue weighted by atomic mass is 16.7. The van der Waals surface area contributed by atoms with Gasteiger partial charge in [0.2, 0.25) is 6.79 Å². The van der Waals surface area contributed by atoms with Crippen LogP contribution in [0.2, 0.25) is 0 Å². The van der Waals surface area contributed by atoms with Crippen LogP contribution in [-0.2, 0) is 4.79 Å². The van der Waals surface area contributed by atoms with Crippen LogP contribution >= 0.6 is 0 Å². The number of fused-ring (bicyclic) bond motifs is 1. The molecule has 0 unspecified atom stereocenters. The van der Waals surface area contributed by atoms with Crippen molar-refractivity contribution in [3.63, 3.8) is 0 Å². The minimum atomic E-state index is -0.570. The summed E-state index contributed by atoms with van der Waals surface area (Å²) < 4.78 is 16.5. The molecule has 1 atom stereocenters. The molecule has 0 spiro atoms. The molecule has 8 heteroatoms. The number of amides is 1. The lowest BCUT2D eigenvalue weighted by Gasteiger charge is -2.36. The molecule has 1 aromatic carbocycles. The Balaban J connectivity index is 1.15. The summed E-state index contributed by atoms with van der Waals surface area (Å²) in [6, 6.07) is 9.47. The summed E-state index contributed by atoms with van der Waals surface area (Å²) in [5.74, 6) is 3.41. The second-order valence-electron chi connectivity index (χ2n) is 7.68. The van der Waals surface area contributed by atoms with Crippen LogP contribution < -0.4 is 19.1 Å². The highest BCUT2D eigenvalue weighted by molar-refractivity contribution is 5.81. The first-order valence-electron chi connectivity index (χ1n) is 10.1. The molecule has 1 aliphatic carbocycles. The number of ether oxygens (including phenoxy) is 3. The average Bonchev–Trinajstić information content (AvgIpc) is 3.51. The summed E-state index contributed by atoms with van der Waals surface area (Å²) in [7, 11) is 0. The van der Waals surface area contributed by atoms with E-state index >= 15 is 0 Å². The molecule has 3 heterocycles. The van der Waals surface area contributed by atoms with E-state index in [1.807, 2.05) is 11.0 Å². The predicted octanol–water partition coefficient (Wildman–Crippen LogP) is 2.20. The molecule has 3 aliphatic rings. The number of benzene rings is 1. The van der Waals surface area contributed by atoms with Gasteiger partial charge in [0.25, 0.3) is 5.91 Å². The Labute approximate surface area is 169 Å². The third kappa shape index (κ3) is 3.79. The van der Waals surface area contributed by atoms with E-state index in [4.69, 9.17) is 14.2 Å². The number of hydrogen-bond donors (Lipinski definition) is 0. The van der Waals surface area contributed by atoms with Gasteiger partial charge in [0, 0.05) is 38.2 Å². The van der Waals surface area contributed by atoms with Crippen molar-refractivity contribution in [1.82, 2.24) is 15.1 Å². The molecule has 0 N–H and O–H groups in total. The van der Waals surface area contributed by atoms with Gasteiger partial charge in [-0.2, -0.15) is 5.10 Å². The lowest BCUT2D eigenvalue weighted by molar-refractivity contribution is -0.138. The van der Waals surface area contributed by atoms with E-state index in [9.17, 15) is 4.79 Å². The van der Waals surface area contributed by atoms with Crippen molar-refractivity contribution in [1.29, 1.82) is 0 Å². The monoisotopic (exact) mass is 396 g/mol. The predicted molar refractivity (Wildman–Crippen MR) is 105 cm³/mol. The summed E-state index contributed by atoms with van der Waals surface area (Å²) in [4.78, 5) is 16.8. The molecule has 2 aromatic rings. The number of rotatable bonds is 5. The largest absolute Gasteiger partial charge is 0.481 e. The lowest BCUT2D eigenvalue weighted by atomic mass is 10.2. The molecule has 5 rings (SSSR count). The summed E-state index contributed by atoms with van der Waals surface area (Å²) in [5, 5.41) is 8.74. The number of carbonyl (C=O) groups is 1. The smallest absolute Gasteiger partial charge is 0.263 e. The van der Waals surface area contributed by atoms with E-state index < -0.39 is 6.10 Å². The molecule has 1 amide bonds. The molecule has 1 saturated carbocycles. The van der Waals surface area contributed by atoms with E-state index in [2.05, 4.69) is 21.2 Å². The van der Waals surface area contributed by atoms with E-state index in [0.29, 0.717) is 36.3 Å². The molecule has 2 fully saturated rings. The summed E-state index contributed by atoms with van der Waals surface area (Å²) >= 11 is 0. The van der Waals surface area contributed by atoms with E-state index in [1.165, 1.54) is 12.8 Å². The van der Waals surface area contributed by atoms with Crippen molar-refractivity contribution >= 4 is 11.7 Å². The summed E-state index contributed by atoms with van der Waals surface area (Å²) in [6.07, 6.45) is 1.88. The molecular formula is C21H24N4O4. The van der Waals surface area contributed by atoms with Crippen LogP contribution in [0.15, 0.2) is 30.3 Å². The molecule has 1 aromatic heterocycles. The maximum atomic E-state index is 12.8. The number of piperazine rings is 1. The van der Waals surface area contributed by atoms with Gasteiger partial charge >= 0.3 is 0 Å². The van der Waals surface area contributed by atoms with Gasteiger partial charge in [0.15, 0.2) is 23.4 Å². The Morgan fingerprint density at radius 2 is 1.86 bits per heavy atom. The summed E-state index contributed by atoms with van der Waals surface area (Å²) in [5.41, 5.74) is 1.09. The molecule has 29 heavy (non-hydrogen) atoms. The second kappa shape index (κ2) is 7.42. The van der Waals surface area contributed by atoms with Crippen molar-refractivity contribution in [3.05, 3.63) is 36.0 Å². The number of nitrogens with zero attached hydrogens (tertiary/aromatic N) is 4. The van der Waals surface area contributed by atoms with Crippen molar-refractivity contribution in [2.45, 2.75) is 31.8 Å². The first kappa shape index (κ1) is 18.0. The maximum Gasteiger partial charge on any atom is 0.263 e. The summed E-state index contributed by atoms with van der Waals surface area (Å²) in [6.45, 7) is 4.74. The molecule has 0 radical (unpaired) electrons. The molecule has 2 aliphatic heterocycles. The van der Waals surface area contributed by atoms with Crippen molar-refractivity contribution < 1.29 is 19.0 Å².